The topological polar surface area (TPSA) is 75.3 Å². The molecule has 0 spiro atoms. The molecule has 0 aliphatic carbocycles. The third kappa shape index (κ3) is 4.89. The van der Waals surface area contributed by atoms with Crippen LogP contribution in [0.3, 0.4) is 0 Å². The van der Waals surface area contributed by atoms with Gasteiger partial charge in [0, 0.05) is 12.1 Å². The molecule has 0 aliphatic heterocycles. The number of sulfonamides is 1. The third-order valence-corrected chi connectivity index (χ3v) is 6.59. The lowest BCUT2D eigenvalue weighted by Gasteiger charge is -2.14. The number of hydrogen-bond acceptors (Lipinski definition) is 3. The minimum Gasteiger partial charge on any atom is -0.348 e. The van der Waals surface area contributed by atoms with Gasteiger partial charge in [-0.25, -0.2) is 8.42 Å². The molecule has 6 heteroatoms. The van der Waals surface area contributed by atoms with Crippen LogP contribution in [0, 0.1) is 27.7 Å². The Hall–Kier alpha value is -3.12. The number of aryl methyl sites for hydroxylation is 4. The number of rotatable bonds is 6. The van der Waals surface area contributed by atoms with E-state index in [1.165, 1.54) is 6.07 Å². The molecule has 0 radical (unpaired) electrons. The molecular weight excluding hydrogens is 396 g/mol. The van der Waals surface area contributed by atoms with Gasteiger partial charge in [-0.3, -0.25) is 9.52 Å². The Morgan fingerprint density at radius 3 is 2.27 bits per heavy atom. The Balaban J connectivity index is 1.84. The maximum absolute atomic E-state index is 13.0. The van der Waals surface area contributed by atoms with Crippen molar-refractivity contribution >= 4 is 21.6 Å². The van der Waals surface area contributed by atoms with E-state index in [4.69, 9.17) is 0 Å². The van der Waals surface area contributed by atoms with Gasteiger partial charge in [0.05, 0.1) is 10.6 Å². The van der Waals surface area contributed by atoms with Crippen LogP contribution in [0.4, 0.5) is 5.69 Å². The van der Waals surface area contributed by atoms with E-state index < -0.39 is 10.0 Å². The molecule has 0 fully saturated rings. The van der Waals surface area contributed by atoms with Crippen LogP contribution < -0.4 is 10.0 Å². The van der Waals surface area contributed by atoms with E-state index in [-0.39, 0.29) is 10.8 Å². The van der Waals surface area contributed by atoms with Gasteiger partial charge in [-0.05, 0) is 73.7 Å². The highest BCUT2D eigenvalue weighted by Gasteiger charge is 2.20. The standard InChI is InChI=1S/C24H26N2O3S/c1-16-9-10-18(3)22(13-16)26-30(28,29)23-14-20(12-11-19(23)4)24(27)25-15-21-8-6-5-7-17(21)2/h5-14,26H,15H2,1-4H3,(H,25,27). The number of carbonyl (C=O) groups excluding carboxylic acids is 1. The van der Waals surface area contributed by atoms with E-state index in [1.54, 1.807) is 25.1 Å². The normalized spacial score (nSPS) is 11.2. The molecule has 2 N–H and O–H groups in total. The Bertz CT molecular complexity index is 1200. The van der Waals surface area contributed by atoms with Crippen LogP contribution >= 0.6 is 0 Å². The summed E-state index contributed by atoms with van der Waals surface area (Å²) in [5.74, 6) is -0.318. The van der Waals surface area contributed by atoms with Crippen LogP contribution in [0.25, 0.3) is 0 Å². The van der Waals surface area contributed by atoms with Crippen molar-refractivity contribution in [2.45, 2.75) is 39.1 Å². The van der Waals surface area contributed by atoms with Gasteiger partial charge in [0.15, 0.2) is 0 Å². The molecule has 1 amide bonds. The summed E-state index contributed by atoms with van der Waals surface area (Å²) < 4.78 is 28.7. The third-order valence-electron chi connectivity index (χ3n) is 5.08. The summed E-state index contributed by atoms with van der Waals surface area (Å²) in [5, 5.41) is 2.87. The van der Waals surface area contributed by atoms with Crippen molar-refractivity contribution in [3.8, 4) is 0 Å². The zero-order chi connectivity index (χ0) is 21.9. The fraction of sp³-hybridized carbons (Fsp3) is 0.208. The van der Waals surface area contributed by atoms with E-state index >= 15 is 0 Å². The molecule has 0 aliphatic rings. The second-order valence-electron chi connectivity index (χ2n) is 7.51. The lowest BCUT2D eigenvalue weighted by molar-refractivity contribution is 0.0950. The molecule has 3 aromatic carbocycles. The number of carbonyl (C=O) groups is 1. The Kier molecular flexibility index (Phi) is 6.27. The highest BCUT2D eigenvalue weighted by Crippen LogP contribution is 2.24. The zero-order valence-electron chi connectivity index (χ0n) is 17.6. The molecule has 3 aromatic rings. The van der Waals surface area contributed by atoms with E-state index in [0.29, 0.717) is 23.4 Å². The van der Waals surface area contributed by atoms with Crippen molar-refractivity contribution in [1.82, 2.24) is 5.32 Å². The molecular formula is C24H26N2O3S. The van der Waals surface area contributed by atoms with Gasteiger partial charge >= 0.3 is 0 Å². The van der Waals surface area contributed by atoms with Crippen LogP contribution in [-0.2, 0) is 16.6 Å². The SMILES string of the molecule is Cc1ccc(C)c(NS(=O)(=O)c2cc(C(=O)NCc3ccccc3C)ccc2C)c1. The van der Waals surface area contributed by atoms with Crippen molar-refractivity contribution in [1.29, 1.82) is 0 Å². The quantitative estimate of drug-likeness (QED) is 0.607. The molecule has 30 heavy (non-hydrogen) atoms. The predicted molar refractivity (Wildman–Crippen MR) is 120 cm³/mol. The van der Waals surface area contributed by atoms with Crippen molar-refractivity contribution in [2.75, 3.05) is 4.72 Å². The molecule has 3 rings (SSSR count). The first-order valence-electron chi connectivity index (χ1n) is 9.71. The van der Waals surface area contributed by atoms with E-state index in [0.717, 1.165) is 22.3 Å². The maximum Gasteiger partial charge on any atom is 0.262 e. The summed E-state index contributed by atoms with van der Waals surface area (Å²) in [5.41, 5.74) is 5.29. The van der Waals surface area contributed by atoms with Gasteiger partial charge in [0.2, 0.25) is 0 Å². The summed E-state index contributed by atoms with van der Waals surface area (Å²) in [7, 11) is -3.84. The molecule has 0 heterocycles. The van der Waals surface area contributed by atoms with Crippen molar-refractivity contribution < 1.29 is 13.2 Å². The minimum atomic E-state index is -3.84. The number of benzene rings is 3. The molecule has 0 unspecified atom stereocenters. The first-order valence-corrected chi connectivity index (χ1v) is 11.2. The van der Waals surface area contributed by atoms with Crippen LogP contribution in [0.2, 0.25) is 0 Å². The zero-order valence-corrected chi connectivity index (χ0v) is 18.4. The summed E-state index contributed by atoms with van der Waals surface area (Å²) in [4.78, 5) is 12.7. The summed E-state index contributed by atoms with van der Waals surface area (Å²) in [6, 6.07) is 18.1. The molecule has 0 saturated heterocycles. The molecule has 5 nitrogen and oxygen atoms in total. The van der Waals surface area contributed by atoms with E-state index in [9.17, 15) is 13.2 Å². The van der Waals surface area contributed by atoms with Crippen molar-refractivity contribution in [3.05, 3.63) is 94.0 Å². The lowest BCUT2D eigenvalue weighted by Crippen LogP contribution is -2.24. The van der Waals surface area contributed by atoms with E-state index in [2.05, 4.69) is 10.0 Å². The lowest BCUT2D eigenvalue weighted by atomic mass is 10.1. The molecule has 0 bridgehead atoms. The second-order valence-corrected chi connectivity index (χ2v) is 9.16. The average Bonchev–Trinajstić information content (AvgIpc) is 2.70. The minimum absolute atomic E-state index is 0.0898. The molecule has 0 saturated carbocycles. The smallest absolute Gasteiger partial charge is 0.262 e. The molecule has 0 atom stereocenters. The molecule has 156 valence electrons. The van der Waals surface area contributed by atoms with Gasteiger partial charge in [-0.2, -0.15) is 0 Å². The van der Waals surface area contributed by atoms with Crippen molar-refractivity contribution in [2.24, 2.45) is 0 Å². The van der Waals surface area contributed by atoms with Gasteiger partial charge in [-0.1, -0.05) is 42.5 Å². The monoisotopic (exact) mass is 422 g/mol. The van der Waals surface area contributed by atoms with Crippen LogP contribution in [0.5, 0.6) is 0 Å². The maximum atomic E-state index is 13.0. The average molecular weight is 423 g/mol. The fourth-order valence-electron chi connectivity index (χ4n) is 3.16. The van der Waals surface area contributed by atoms with Crippen molar-refractivity contribution in [3.63, 3.8) is 0 Å². The van der Waals surface area contributed by atoms with Gasteiger partial charge in [-0.15, -0.1) is 0 Å². The van der Waals surface area contributed by atoms with E-state index in [1.807, 2.05) is 57.2 Å². The summed E-state index contributed by atoms with van der Waals surface area (Å²) in [6.45, 7) is 7.83. The number of amides is 1. The predicted octanol–water partition coefficient (Wildman–Crippen LogP) is 4.65. The van der Waals surface area contributed by atoms with Gasteiger partial charge < -0.3 is 5.32 Å². The van der Waals surface area contributed by atoms with Crippen LogP contribution in [-0.4, -0.2) is 14.3 Å². The van der Waals surface area contributed by atoms with Gasteiger partial charge in [0.25, 0.3) is 15.9 Å². The summed E-state index contributed by atoms with van der Waals surface area (Å²) in [6.07, 6.45) is 0. The Morgan fingerprint density at radius 1 is 0.833 bits per heavy atom. The first-order chi connectivity index (χ1) is 14.2. The van der Waals surface area contributed by atoms with Crippen LogP contribution in [0.1, 0.15) is 38.2 Å². The largest absolute Gasteiger partial charge is 0.348 e. The highest BCUT2D eigenvalue weighted by atomic mass is 32.2. The first kappa shape index (κ1) is 21.6. The molecule has 0 aromatic heterocycles. The number of hydrogen-bond donors (Lipinski definition) is 2. The highest BCUT2D eigenvalue weighted by molar-refractivity contribution is 7.92. The van der Waals surface area contributed by atoms with Crippen LogP contribution in [0.15, 0.2) is 65.6 Å². The summed E-state index contributed by atoms with van der Waals surface area (Å²) >= 11 is 0. The fourth-order valence-corrected chi connectivity index (χ4v) is 4.56. The van der Waals surface area contributed by atoms with Gasteiger partial charge in [0.1, 0.15) is 0 Å². The second kappa shape index (κ2) is 8.71. The Morgan fingerprint density at radius 2 is 1.53 bits per heavy atom. The Labute approximate surface area is 178 Å². The number of nitrogens with one attached hydrogen (secondary N) is 2. The number of anilines is 1.